The van der Waals surface area contributed by atoms with Crippen LogP contribution in [0.2, 0.25) is 0 Å². The highest BCUT2D eigenvalue weighted by atomic mass is 15.4. The van der Waals surface area contributed by atoms with Crippen molar-refractivity contribution in [1.29, 1.82) is 0 Å². The fourth-order valence-corrected chi connectivity index (χ4v) is 1.52. The Morgan fingerprint density at radius 1 is 1.29 bits per heavy atom. The molecule has 4 nitrogen and oxygen atoms in total. The summed E-state index contributed by atoms with van der Waals surface area (Å²) in [6, 6.07) is 0.358. The van der Waals surface area contributed by atoms with E-state index in [9.17, 15) is 0 Å². The van der Waals surface area contributed by atoms with E-state index in [4.69, 9.17) is 5.73 Å². The topological polar surface area (TPSA) is 56.7 Å². The summed E-state index contributed by atoms with van der Waals surface area (Å²) in [7, 11) is 0. The molecule has 0 spiro atoms. The molecule has 0 aliphatic carbocycles. The van der Waals surface area contributed by atoms with Gasteiger partial charge in [-0.25, -0.2) is 4.68 Å². The molecule has 0 radical (unpaired) electrons. The summed E-state index contributed by atoms with van der Waals surface area (Å²) in [5.74, 6) is 0.608. The molecule has 0 saturated carbocycles. The fourth-order valence-electron chi connectivity index (χ4n) is 1.52. The van der Waals surface area contributed by atoms with Crippen molar-refractivity contribution in [3.63, 3.8) is 0 Å². The Morgan fingerprint density at radius 2 is 1.93 bits per heavy atom. The molecule has 14 heavy (non-hydrogen) atoms. The molecule has 0 aliphatic heterocycles. The molecule has 1 rings (SSSR count). The molecular weight excluding hydrogens is 176 g/mol. The largest absolute Gasteiger partial charge is 0.325 e. The molecule has 2 N–H and O–H groups in total. The maximum absolute atomic E-state index is 5.62. The molecule has 0 unspecified atom stereocenters. The molecule has 1 aromatic heterocycles. The number of nitrogens with zero attached hydrogens (tertiary/aromatic N) is 3. The van der Waals surface area contributed by atoms with Gasteiger partial charge in [0.1, 0.15) is 0 Å². The van der Waals surface area contributed by atoms with E-state index in [1.165, 1.54) is 5.69 Å². The van der Waals surface area contributed by atoms with Crippen molar-refractivity contribution in [2.24, 2.45) is 11.7 Å². The Labute approximate surface area is 85.5 Å². The van der Waals surface area contributed by atoms with Crippen molar-refractivity contribution in [2.45, 2.75) is 46.7 Å². The van der Waals surface area contributed by atoms with Gasteiger partial charge in [0, 0.05) is 12.6 Å². The smallest absolute Gasteiger partial charge is 0.0994 e. The van der Waals surface area contributed by atoms with Crippen molar-refractivity contribution in [3.05, 3.63) is 11.4 Å². The molecule has 1 aromatic rings. The highest BCUT2D eigenvalue weighted by Gasteiger charge is 2.14. The second-order valence-electron chi connectivity index (χ2n) is 4.32. The van der Waals surface area contributed by atoms with Gasteiger partial charge in [0.2, 0.25) is 0 Å². The third kappa shape index (κ3) is 2.32. The van der Waals surface area contributed by atoms with Gasteiger partial charge in [0.25, 0.3) is 0 Å². The first-order valence-electron chi connectivity index (χ1n) is 5.19. The lowest BCUT2D eigenvalue weighted by Crippen LogP contribution is -2.12. The highest BCUT2D eigenvalue weighted by molar-refractivity contribution is 5.11. The van der Waals surface area contributed by atoms with E-state index >= 15 is 0 Å². The Bertz CT molecular complexity index is 288. The summed E-state index contributed by atoms with van der Waals surface area (Å²) < 4.78 is 1.97. The lowest BCUT2D eigenvalue weighted by atomic mass is 10.1. The standard InChI is InChI=1S/C10H20N4/c1-7(2)5-10-9(6-11)12-13-14(10)8(3)4/h7-8H,5-6,11H2,1-4H3. The van der Waals surface area contributed by atoms with Crippen LogP contribution < -0.4 is 5.73 Å². The molecule has 0 aliphatic rings. The van der Waals surface area contributed by atoms with Gasteiger partial charge in [-0.1, -0.05) is 19.1 Å². The molecule has 0 aromatic carbocycles. The molecule has 80 valence electrons. The predicted molar refractivity (Wildman–Crippen MR) is 56.8 cm³/mol. The van der Waals surface area contributed by atoms with Gasteiger partial charge >= 0.3 is 0 Å². The van der Waals surface area contributed by atoms with Crippen LogP contribution in [-0.2, 0) is 13.0 Å². The van der Waals surface area contributed by atoms with Crippen LogP contribution in [-0.4, -0.2) is 15.0 Å². The summed E-state index contributed by atoms with van der Waals surface area (Å²) in [6.45, 7) is 9.09. The maximum Gasteiger partial charge on any atom is 0.0994 e. The summed E-state index contributed by atoms with van der Waals surface area (Å²) in [6.07, 6.45) is 0.998. The maximum atomic E-state index is 5.62. The molecular formula is C10H20N4. The molecule has 0 amide bonds. The summed E-state index contributed by atoms with van der Waals surface area (Å²) in [4.78, 5) is 0. The number of rotatable bonds is 4. The van der Waals surface area contributed by atoms with Crippen LogP contribution >= 0.6 is 0 Å². The van der Waals surface area contributed by atoms with Gasteiger partial charge < -0.3 is 5.73 Å². The van der Waals surface area contributed by atoms with Gasteiger partial charge in [0.05, 0.1) is 11.4 Å². The average molecular weight is 196 g/mol. The highest BCUT2D eigenvalue weighted by Crippen LogP contribution is 2.15. The normalized spacial score (nSPS) is 11.6. The van der Waals surface area contributed by atoms with Crippen LogP contribution in [0.1, 0.15) is 45.1 Å². The Balaban J connectivity index is 3.00. The van der Waals surface area contributed by atoms with E-state index in [1.54, 1.807) is 0 Å². The van der Waals surface area contributed by atoms with Gasteiger partial charge in [-0.2, -0.15) is 0 Å². The monoisotopic (exact) mass is 196 g/mol. The second kappa shape index (κ2) is 4.55. The van der Waals surface area contributed by atoms with Crippen LogP contribution in [0.25, 0.3) is 0 Å². The van der Waals surface area contributed by atoms with Gasteiger partial charge in [-0.3, -0.25) is 0 Å². The zero-order valence-electron chi connectivity index (χ0n) is 9.49. The minimum Gasteiger partial charge on any atom is -0.325 e. The summed E-state index contributed by atoms with van der Waals surface area (Å²) >= 11 is 0. The molecule has 1 heterocycles. The van der Waals surface area contributed by atoms with Crippen LogP contribution in [0.4, 0.5) is 0 Å². The first-order valence-corrected chi connectivity index (χ1v) is 5.19. The quantitative estimate of drug-likeness (QED) is 0.794. The Hall–Kier alpha value is -0.900. The van der Waals surface area contributed by atoms with E-state index in [1.807, 2.05) is 4.68 Å². The Kier molecular flexibility index (Phi) is 3.63. The van der Waals surface area contributed by atoms with E-state index in [2.05, 4.69) is 38.0 Å². The lowest BCUT2D eigenvalue weighted by molar-refractivity contribution is 0.477. The SMILES string of the molecule is CC(C)Cc1c(CN)nnn1C(C)C. The first-order chi connectivity index (χ1) is 6.56. The summed E-state index contributed by atoms with van der Waals surface area (Å²) in [5.41, 5.74) is 7.75. The second-order valence-corrected chi connectivity index (χ2v) is 4.32. The minimum absolute atomic E-state index is 0.358. The van der Waals surface area contributed by atoms with Crippen LogP contribution in [0.3, 0.4) is 0 Å². The minimum atomic E-state index is 0.358. The fraction of sp³-hybridized carbons (Fsp3) is 0.800. The molecule has 0 atom stereocenters. The molecule has 0 fully saturated rings. The molecule has 4 heteroatoms. The number of hydrogen-bond donors (Lipinski definition) is 1. The predicted octanol–water partition coefficient (Wildman–Crippen LogP) is 1.52. The Morgan fingerprint density at radius 3 is 2.36 bits per heavy atom. The lowest BCUT2D eigenvalue weighted by Gasteiger charge is -2.12. The van der Waals surface area contributed by atoms with Crippen molar-refractivity contribution >= 4 is 0 Å². The van der Waals surface area contributed by atoms with Gasteiger partial charge in [-0.15, -0.1) is 5.10 Å². The van der Waals surface area contributed by atoms with Gasteiger partial charge in [0.15, 0.2) is 0 Å². The molecule has 0 saturated heterocycles. The van der Waals surface area contributed by atoms with Crippen LogP contribution in [0, 0.1) is 5.92 Å². The third-order valence-electron chi connectivity index (χ3n) is 2.16. The summed E-state index contributed by atoms with van der Waals surface area (Å²) in [5, 5.41) is 8.22. The van der Waals surface area contributed by atoms with Crippen molar-refractivity contribution in [2.75, 3.05) is 0 Å². The zero-order chi connectivity index (χ0) is 10.7. The number of nitrogens with two attached hydrogens (primary N) is 1. The molecule has 0 bridgehead atoms. The number of hydrogen-bond acceptors (Lipinski definition) is 3. The third-order valence-corrected chi connectivity index (χ3v) is 2.16. The number of aromatic nitrogens is 3. The van der Waals surface area contributed by atoms with E-state index < -0.39 is 0 Å². The van der Waals surface area contributed by atoms with E-state index in [0.717, 1.165) is 12.1 Å². The zero-order valence-corrected chi connectivity index (χ0v) is 9.49. The first kappa shape index (κ1) is 11.2. The van der Waals surface area contributed by atoms with Crippen molar-refractivity contribution in [3.8, 4) is 0 Å². The van der Waals surface area contributed by atoms with E-state index in [-0.39, 0.29) is 0 Å². The van der Waals surface area contributed by atoms with Gasteiger partial charge in [-0.05, 0) is 26.2 Å². The van der Waals surface area contributed by atoms with Crippen molar-refractivity contribution in [1.82, 2.24) is 15.0 Å². The average Bonchev–Trinajstić information content (AvgIpc) is 2.46. The van der Waals surface area contributed by atoms with Crippen molar-refractivity contribution < 1.29 is 0 Å². The van der Waals surface area contributed by atoms with Crippen LogP contribution in [0.5, 0.6) is 0 Å². The van der Waals surface area contributed by atoms with E-state index in [0.29, 0.717) is 18.5 Å². The van der Waals surface area contributed by atoms with Crippen LogP contribution in [0.15, 0.2) is 0 Å².